The van der Waals surface area contributed by atoms with E-state index in [1.807, 2.05) is 18.7 Å². The molecule has 1 aliphatic heterocycles. The van der Waals surface area contributed by atoms with E-state index in [0.29, 0.717) is 6.54 Å². The predicted octanol–water partition coefficient (Wildman–Crippen LogP) is 0.489. The van der Waals surface area contributed by atoms with E-state index in [1.54, 1.807) is 0 Å². The minimum absolute atomic E-state index is 0.127. The third-order valence-corrected chi connectivity index (χ3v) is 4.17. The Morgan fingerprint density at radius 3 is 2.26 bits per heavy atom. The van der Waals surface area contributed by atoms with Crippen LogP contribution in [0.15, 0.2) is 0 Å². The Hall–Kier alpha value is -1.10. The monoisotopic (exact) mass is 267 g/mol. The van der Waals surface area contributed by atoms with Crippen molar-refractivity contribution >= 4 is 11.8 Å². The minimum Gasteiger partial charge on any atom is -0.353 e. The van der Waals surface area contributed by atoms with Crippen LogP contribution in [0.3, 0.4) is 0 Å². The standard InChI is InChI=1S/C14H25N3O2/c1-14(2,9-15)13(19)17-7-5-11(6-8-17)16-12(18)10-3-4-10/h10-11H,3-9,15H2,1-2H3,(H,16,18). The number of rotatable bonds is 4. The Bertz CT molecular complexity index is 356. The third-order valence-electron chi connectivity index (χ3n) is 4.17. The largest absolute Gasteiger partial charge is 0.353 e. The number of nitrogens with one attached hydrogen (secondary N) is 1. The summed E-state index contributed by atoms with van der Waals surface area (Å²) in [7, 11) is 0. The summed E-state index contributed by atoms with van der Waals surface area (Å²) in [6, 6.07) is 0.234. The molecule has 2 amide bonds. The molecule has 0 aromatic carbocycles. The Labute approximate surface area is 114 Å². The van der Waals surface area contributed by atoms with Crippen LogP contribution >= 0.6 is 0 Å². The van der Waals surface area contributed by atoms with Gasteiger partial charge in [-0.3, -0.25) is 9.59 Å². The molecule has 1 saturated heterocycles. The van der Waals surface area contributed by atoms with Crippen molar-refractivity contribution in [2.24, 2.45) is 17.1 Å². The number of likely N-dealkylation sites (tertiary alicyclic amines) is 1. The smallest absolute Gasteiger partial charge is 0.229 e. The zero-order chi connectivity index (χ0) is 14.0. The van der Waals surface area contributed by atoms with Crippen LogP contribution in [0, 0.1) is 11.3 Å². The molecule has 2 fully saturated rings. The Morgan fingerprint density at radius 2 is 1.79 bits per heavy atom. The maximum absolute atomic E-state index is 12.3. The van der Waals surface area contributed by atoms with Gasteiger partial charge < -0.3 is 16.0 Å². The normalized spacial score (nSPS) is 21.3. The highest BCUT2D eigenvalue weighted by molar-refractivity contribution is 5.82. The molecule has 5 nitrogen and oxygen atoms in total. The average Bonchev–Trinajstić information content (AvgIpc) is 3.23. The first-order valence-electron chi connectivity index (χ1n) is 7.24. The number of piperidine rings is 1. The molecule has 1 saturated carbocycles. The molecule has 2 rings (SSSR count). The quantitative estimate of drug-likeness (QED) is 0.778. The minimum atomic E-state index is -0.482. The lowest BCUT2D eigenvalue weighted by Gasteiger charge is -2.36. The van der Waals surface area contributed by atoms with E-state index in [0.717, 1.165) is 38.8 Å². The summed E-state index contributed by atoms with van der Waals surface area (Å²) in [6.07, 6.45) is 3.78. The fraction of sp³-hybridized carbons (Fsp3) is 0.857. The van der Waals surface area contributed by atoms with Crippen molar-refractivity contribution in [1.29, 1.82) is 0 Å². The Balaban J connectivity index is 1.78. The van der Waals surface area contributed by atoms with Crippen LogP contribution in [0.1, 0.15) is 39.5 Å². The fourth-order valence-electron chi connectivity index (χ4n) is 2.41. The van der Waals surface area contributed by atoms with Crippen molar-refractivity contribution in [1.82, 2.24) is 10.2 Å². The number of amides is 2. The maximum atomic E-state index is 12.3. The van der Waals surface area contributed by atoms with Crippen molar-refractivity contribution in [3.63, 3.8) is 0 Å². The average molecular weight is 267 g/mol. The van der Waals surface area contributed by atoms with Crippen molar-refractivity contribution < 1.29 is 9.59 Å². The summed E-state index contributed by atoms with van der Waals surface area (Å²) >= 11 is 0. The van der Waals surface area contributed by atoms with Crippen molar-refractivity contribution in [2.75, 3.05) is 19.6 Å². The van der Waals surface area contributed by atoms with E-state index in [4.69, 9.17) is 5.73 Å². The Morgan fingerprint density at radius 1 is 1.21 bits per heavy atom. The first-order valence-corrected chi connectivity index (χ1v) is 7.24. The van der Waals surface area contributed by atoms with Crippen LogP contribution in [0.4, 0.5) is 0 Å². The summed E-state index contributed by atoms with van der Waals surface area (Å²) in [4.78, 5) is 25.8. The molecule has 0 atom stereocenters. The second kappa shape index (κ2) is 5.49. The van der Waals surface area contributed by atoms with Gasteiger partial charge in [-0.05, 0) is 39.5 Å². The van der Waals surface area contributed by atoms with Gasteiger partial charge in [-0.15, -0.1) is 0 Å². The Kier molecular flexibility index (Phi) is 4.13. The highest BCUT2D eigenvalue weighted by atomic mass is 16.2. The first-order chi connectivity index (χ1) is 8.94. The SMILES string of the molecule is CC(C)(CN)C(=O)N1CCC(NC(=O)C2CC2)CC1. The molecule has 1 heterocycles. The van der Waals surface area contributed by atoms with Crippen LogP contribution in [0.25, 0.3) is 0 Å². The van der Waals surface area contributed by atoms with Gasteiger partial charge in [0.1, 0.15) is 0 Å². The van der Waals surface area contributed by atoms with E-state index in [2.05, 4.69) is 5.32 Å². The second-order valence-electron chi connectivity index (χ2n) is 6.44. The van der Waals surface area contributed by atoms with Gasteiger partial charge in [-0.1, -0.05) is 0 Å². The van der Waals surface area contributed by atoms with Gasteiger partial charge in [-0.25, -0.2) is 0 Å². The van der Waals surface area contributed by atoms with Crippen LogP contribution in [0.2, 0.25) is 0 Å². The molecule has 0 unspecified atom stereocenters. The maximum Gasteiger partial charge on any atom is 0.229 e. The molecule has 0 bridgehead atoms. The molecule has 3 N–H and O–H groups in total. The van der Waals surface area contributed by atoms with Gasteiger partial charge in [0.15, 0.2) is 0 Å². The number of carbonyl (C=O) groups excluding carboxylic acids is 2. The van der Waals surface area contributed by atoms with Crippen LogP contribution < -0.4 is 11.1 Å². The van der Waals surface area contributed by atoms with Gasteiger partial charge in [0.25, 0.3) is 0 Å². The molecule has 2 aliphatic rings. The summed E-state index contributed by atoms with van der Waals surface area (Å²) in [5.74, 6) is 0.588. The molecular formula is C14H25N3O2. The van der Waals surface area contributed by atoms with Crippen LogP contribution in [-0.4, -0.2) is 42.4 Å². The number of nitrogens with zero attached hydrogens (tertiary/aromatic N) is 1. The number of nitrogens with two attached hydrogens (primary N) is 1. The van der Waals surface area contributed by atoms with Crippen LogP contribution in [-0.2, 0) is 9.59 Å². The van der Waals surface area contributed by atoms with Crippen molar-refractivity contribution in [2.45, 2.75) is 45.6 Å². The molecule has 1 aliphatic carbocycles. The summed E-state index contributed by atoms with van der Waals surface area (Å²) in [5.41, 5.74) is 5.16. The lowest BCUT2D eigenvalue weighted by molar-refractivity contribution is -0.141. The lowest BCUT2D eigenvalue weighted by atomic mass is 9.90. The van der Waals surface area contributed by atoms with E-state index in [1.165, 1.54) is 0 Å². The van der Waals surface area contributed by atoms with E-state index in [-0.39, 0.29) is 23.8 Å². The van der Waals surface area contributed by atoms with Gasteiger partial charge in [0, 0.05) is 31.6 Å². The number of carbonyl (C=O) groups is 2. The highest BCUT2D eigenvalue weighted by Crippen LogP contribution is 2.29. The third kappa shape index (κ3) is 3.47. The molecule has 19 heavy (non-hydrogen) atoms. The van der Waals surface area contributed by atoms with Crippen molar-refractivity contribution in [3.8, 4) is 0 Å². The molecule has 5 heteroatoms. The molecule has 108 valence electrons. The summed E-state index contributed by atoms with van der Waals surface area (Å²) < 4.78 is 0. The first kappa shape index (κ1) is 14.3. The van der Waals surface area contributed by atoms with E-state index in [9.17, 15) is 9.59 Å². The van der Waals surface area contributed by atoms with Gasteiger partial charge in [-0.2, -0.15) is 0 Å². The summed E-state index contributed by atoms with van der Waals surface area (Å²) in [6.45, 7) is 5.58. The lowest BCUT2D eigenvalue weighted by Crippen LogP contribution is -2.51. The molecule has 0 radical (unpaired) electrons. The zero-order valence-electron chi connectivity index (χ0n) is 11.9. The summed E-state index contributed by atoms with van der Waals surface area (Å²) in [5, 5.41) is 3.09. The van der Waals surface area contributed by atoms with Gasteiger partial charge in [0.05, 0.1) is 5.41 Å². The molecular weight excluding hydrogens is 242 g/mol. The molecule has 0 aromatic heterocycles. The second-order valence-corrected chi connectivity index (χ2v) is 6.44. The fourth-order valence-corrected chi connectivity index (χ4v) is 2.41. The van der Waals surface area contributed by atoms with Crippen LogP contribution in [0.5, 0.6) is 0 Å². The predicted molar refractivity (Wildman–Crippen MR) is 73.3 cm³/mol. The topological polar surface area (TPSA) is 75.4 Å². The molecule has 0 aromatic rings. The van der Waals surface area contributed by atoms with Gasteiger partial charge in [0.2, 0.25) is 11.8 Å². The zero-order valence-corrected chi connectivity index (χ0v) is 11.9. The van der Waals surface area contributed by atoms with Gasteiger partial charge >= 0.3 is 0 Å². The van der Waals surface area contributed by atoms with E-state index < -0.39 is 5.41 Å². The number of hydrogen-bond donors (Lipinski definition) is 2. The van der Waals surface area contributed by atoms with E-state index >= 15 is 0 Å². The highest BCUT2D eigenvalue weighted by Gasteiger charge is 2.35. The molecule has 0 spiro atoms. The number of hydrogen-bond acceptors (Lipinski definition) is 3. The van der Waals surface area contributed by atoms with Crippen molar-refractivity contribution in [3.05, 3.63) is 0 Å².